The molecule has 0 bridgehead atoms. The van der Waals surface area contributed by atoms with Gasteiger partial charge in [0.2, 0.25) is 0 Å². The van der Waals surface area contributed by atoms with Gasteiger partial charge >= 0.3 is 0 Å². The zero-order valence-corrected chi connectivity index (χ0v) is 13.1. The second-order valence-electron chi connectivity index (χ2n) is 4.67. The summed E-state index contributed by atoms with van der Waals surface area (Å²) in [5.74, 6) is 0.528. The van der Waals surface area contributed by atoms with Crippen molar-refractivity contribution in [1.29, 1.82) is 0 Å². The van der Waals surface area contributed by atoms with Crippen molar-refractivity contribution in [2.24, 2.45) is 0 Å². The first-order valence-electron chi connectivity index (χ1n) is 6.41. The number of ether oxygens (including phenoxy) is 1. The van der Waals surface area contributed by atoms with Crippen LogP contribution in [0.5, 0.6) is 5.75 Å². The van der Waals surface area contributed by atoms with Gasteiger partial charge in [0.1, 0.15) is 18.2 Å². The number of hydrogen-bond acceptors (Lipinski definition) is 2. The molecule has 2 aromatic carbocycles. The molecule has 0 saturated heterocycles. The minimum atomic E-state index is -0.254. The Kier molecular flexibility index (Phi) is 5.15. The quantitative estimate of drug-likeness (QED) is 0.882. The monoisotopic (exact) mass is 337 g/mol. The lowest BCUT2D eigenvalue weighted by atomic mass is 10.1. The summed E-state index contributed by atoms with van der Waals surface area (Å²) in [5, 5.41) is 3.11. The lowest BCUT2D eigenvalue weighted by molar-refractivity contribution is 0.296. The zero-order valence-electron chi connectivity index (χ0n) is 11.5. The number of benzene rings is 2. The van der Waals surface area contributed by atoms with Crippen molar-refractivity contribution < 1.29 is 9.13 Å². The Morgan fingerprint density at radius 3 is 2.70 bits per heavy atom. The molecule has 1 N–H and O–H groups in total. The lowest BCUT2D eigenvalue weighted by Crippen LogP contribution is -2.08. The van der Waals surface area contributed by atoms with Crippen molar-refractivity contribution in [3.63, 3.8) is 0 Å². The van der Waals surface area contributed by atoms with Gasteiger partial charge in [-0.15, -0.1) is 0 Å². The maximum Gasteiger partial charge on any atom is 0.129 e. The van der Waals surface area contributed by atoms with Crippen LogP contribution in [-0.4, -0.2) is 7.05 Å². The van der Waals surface area contributed by atoms with E-state index in [0.717, 1.165) is 22.3 Å². The molecule has 0 amide bonds. The number of rotatable bonds is 5. The molecular formula is C16H17BrFNO. The van der Waals surface area contributed by atoms with Gasteiger partial charge < -0.3 is 10.1 Å². The van der Waals surface area contributed by atoms with Crippen molar-refractivity contribution in [3.8, 4) is 5.75 Å². The first kappa shape index (κ1) is 15.0. The Balaban J connectivity index is 2.16. The van der Waals surface area contributed by atoms with E-state index in [1.807, 2.05) is 26.1 Å². The molecule has 0 aliphatic heterocycles. The fourth-order valence-electron chi connectivity index (χ4n) is 1.99. The van der Waals surface area contributed by atoms with Crippen molar-refractivity contribution in [2.45, 2.75) is 20.1 Å². The molecule has 2 rings (SSSR count). The Morgan fingerprint density at radius 2 is 1.95 bits per heavy atom. The standard InChI is InChI=1S/C16H17BrFNO/c1-11-3-6-16(12(7-11)9-19-2)20-10-13-8-14(17)4-5-15(13)18/h3-8,19H,9-10H2,1-2H3. The van der Waals surface area contributed by atoms with Crippen LogP contribution in [0.2, 0.25) is 0 Å². The maximum atomic E-state index is 13.7. The molecule has 106 valence electrons. The topological polar surface area (TPSA) is 21.3 Å². The Bertz CT molecular complexity index is 601. The van der Waals surface area contributed by atoms with Gasteiger partial charge in [0.15, 0.2) is 0 Å². The highest BCUT2D eigenvalue weighted by Crippen LogP contribution is 2.23. The molecule has 0 radical (unpaired) electrons. The fraction of sp³-hybridized carbons (Fsp3) is 0.250. The van der Waals surface area contributed by atoms with E-state index in [1.165, 1.54) is 11.6 Å². The number of aryl methyl sites for hydroxylation is 1. The van der Waals surface area contributed by atoms with Gasteiger partial charge in [-0.25, -0.2) is 4.39 Å². The molecule has 2 nitrogen and oxygen atoms in total. The third-order valence-corrected chi connectivity index (χ3v) is 3.47. The third-order valence-electron chi connectivity index (χ3n) is 2.97. The van der Waals surface area contributed by atoms with Crippen LogP contribution in [0.1, 0.15) is 16.7 Å². The normalized spacial score (nSPS) is 10.6. The lowest BCUT2D eigenvalue weighted by Gasteiger charge is -2.13. The Morgan fingerprint density at radius 1 is 1.15 bits per heavy atom. The van der Waals surface area contributed by atoms with E-state index in [-0.39, 0.29) is 12.4 Å². The van der Waals surface area contributed by atoms with E-state index in [4.69, 9.17) is 4.74 Å². The highest BCUT2D eigenvalue weighted by Gasteiger charge is 2.07. The van der Waals surface area contributed by atoms with E-state index >= 15 is 0 Å². The number of halogens is 2. The van der Waals surface area contributed by atoms with Gasteiger partial charge in [-0.3, -0.25) is 0 Å². The Hall–Kier alpha value is -1.39. The molecule has 0 fully saturated rings. The molecule has 0 atom stereocenters. The van der Waals surface area contributed by atoms with Crippen LogP contribution in [0.4, 0.5) is 4.39 Å². The van der Waals surface area contributed by atoms with Crippen molar-refractivity contribution in [3.05, 3.63) is 63.4 Å². The van der Waals surface area contributed by atoms with Gasteiger partial charge in [-0.2, -0.15) is 0 Å². The second kappa shape index (κ2) is 6.86. The van der Waals surface area contributed by atoms with E-state index in [2.05, 4.69) is 27.3 Å². The van der Waals surface area contributed by atoms with E-state index in [0.29, 0.717) is 5.56 Å². The smallest absolute Gasteiger partial charge is 0.129 e. The zero-order chi connectivity index (χ0) is 14.5. The van der Waals surface area contributed by atoms with Gasteiger partial charge in [0, 0.05) is 22.1 Å². The molecule has 0 spiro atoms. The molecule has 0 saturated carbocycles. The van der Waals surface area contributed by atoms with Gasteiger partial charge in [0.05, 0.1) is 0 Å². The molecular weight excluding hydrogens is 321 g/mol. The van der Waals surface area contributed by atoms with E-state index in [1.54, 1.807) is 12.1 Å². The fourth-order valence-corrected chi connectivity index (χ4v) is 2.40. The predicted molar refractivity (Wildman–Crippen MR) is 82.4 cm³/mol. The first-order chi connectivity index (χ1) is 9.60. The number of nitrogens with one attached hydrogen (secondary N) is 1. The molecule has 0 aliphatic rings. The third kappa shape index (κ3) is 3.81. The largest absolute Gasteiger partial charge is 0.488 e. The summed E-state index contributed by atoms with van der Waals surface area (Å²) >= 11 is 3.34. The van der Waals surface area contributed by atoms with Crippen LogP contribution in [0, 0.1) is 12.7 Å². The first-order valence-corrected chi connectivity index (χ1v) is 7.20. The summed E-state index contributed by atoms with van der Waals surface area (Å²) in [4.78, 5) is 0. The highest BCUT2D eigenvalue weighted by atomic mass is 79.9. The molecule has 4 heteroatoms. The van der Waals surface area contributed by atoms with Crippen LogP contribution in [0.3, 0.4) is 0 Å². The van der Waals surface area contributed by atoms with Crippen LogP contribution < -0.4 is 10.1 Å². The molecule has 0 unspecified atom stereocenters. The Labute approximate surface area is 127 Å². The molecule has 2 aromatic rings. The molecule has 0 aliphatic carbocycles. The summed E-state index contributed by atoms with van der Waals surface area (Å²) in [6.45, 7) is 2.97. The molecule has 0 heterocycles. The highest BCUT2D eigenvalue weighted by molar-refractivity contribution is 9.10. The van der Waals surface area contributed by atoms with Gasteiger partial charge in [-0.1, -0.05) is 33.6 Å². The predicted octanol–water partition coefficient (Wildman–Crippen LogP) is 4.20. The van der Waals surface area contributed by atoms with Crippen LogP contribution in [0.25, 0.3) is 0 Å². The summed E-state index contributed by atoms with van der Waals surface area (Å²) in [7, 11) is 1.89. The van der Waals surface area contributed by atoms with Crippen LogP contribution >= 0.6 is 15.9 Å². The van der Waals surface area contributed by atoms with Crippen molar-refractivity contribution in [1.82, 2.24) is 5.32 Å². The van der Waals surface area contributed by atoms with Crippen LogP contribution in [-0.2, 0) is 13.2 Å². The molecule has 20 heavy (non-hydrogen) atoms. The van der Waals surface area contributed by atoms with Crippen molar-refractivity contribution >= 4 is 15.9 Å². The second-order valence-corrected chi connectivity index (χ2v) is 5.58. The van der Waals surface area contributed by atoms with Gasteiger partial charge in [0.25, 0.3) is 0 Å². The minimum Gasteiger partial charge on any atom is -0.488 e. The van der Waals surface area contributed by atoms with E-state index < -0.39 is 0 Å². The van der Waals surface area contributed by atoms with E-state index in [9.17, 15) is 4.39 Å². The SMILES string of the molecule is CNCc1cc(C)ccc1OCc1cc(Br)ccc1F. The average Bonchev–Trinajstić information content (AvgIpc) is 2.42. The molecule has 0 aromatic heterocycles. The maximum absolute atomic E-state index is 13.7. The summed E-state index contributed by atoms with van der Waals surface area (Å²) in [6.07, 6.45) is 0. The number of hydrogen-bond donors (Lipinski definition) is 1. The minimum absolute atomic E-state index is 0.213. The van der Waals surface area contributed by atoms with Crippen molar-refractivity contribution in [2.75, 3.05) is 7.05 Å². The van der Waals surface area contributed by atoms with Gasteiger partial charge in [-0.05, 0) is 38.2 Å². The van der Waals surface area contributed by atoms with Crippen LogP contribution in [0.15, 0.2) is 40.9 Å². The summed E-state index contributed by atoms with van der Waals surface area (Å²) in [6, 6.07) is 10.8. The summed E-state index contributed by atoms with van der Waals surface area (Å²) in [5.41, 5.74) is 2.79. The average molecular weight is 338 g/mol. The summed E-state index contributed by atoms with van der Waals surface area (Å²) < 4.78 is 20.3.